The third-order valence-corrected chi connectivity index (χ3v) is 3.72. The summed E-state index contributed by atoms with van der Waals surface area (Å²) >= 11 is 0. The van der Waals surface area contributed by atoms with Gasteiger partial charge in [0.2, 0.25) is 0 Å². The van der Waals surface area contributed by atoms with E-state index in [9.17, 15) is 13.6 Å². The molecule has 0 aliphatic rings. The topological polar surface area (TPSA) is 66.9 Å². The minimum atomic E-state index is -0.746. The molecule has 2 aromatic carbocycles. The Morgan fingerprint density at radius 2 is 1.85 bits per heavy atom. The van der Waals surface area contributed by atoms with Crippen molar-refractivity contribution in [2.24, 2.45) is 0 Å². The largest absolute Gasteiger partial charge is 0.337 e. The molecule has 0 atom stereocenters. The molecule has 26 heavy (non-hydrogen) atoms. The summed E-state index contributed by atoms with van der Waals surface area (Å²) in [6.07, 6.45) is 3.38. The zero-order valence-electron chi connectivity index (χ0n) is 14.0. The molecule has 3 rings (SSSR count). The predicted octanol–water partition coefficient (Wildman–Crippen LogP) is 4.31. The fraction of sp³-hybridized carbons (Fsp3) is 0.105. The molecule has 0 saturated carbocycles. The van der Waals surface area contributed by atoms with Gasteiger partial charge in [0.15, 0.2) is 0 Å². The Morgan fingerprint density at radius 3 is 2.54 bits per heavy atom. The van der Waals surface area contributed by atoms with Crippen molar-refractivity contribution in [1.82, 2.24) is 9.97 Å². The first kappa shape index (κ1) is 17.5. The average molecular weight is 354 g/mol. The lowest BCUT2D eigenvalue weighted by Gasteiger charge is -2.10. The molecule has 0 saturated heterocycles. The second kappa shape index (κ2) is 7.69. The van der Waals surface area contributed by atoms with Crippen LogP contribution in [-0.4, -0.2) is 15.9 Å². The van der Waals surface area contributed by atoms with Crippen LogP contribution in [0.5, 0.6) is 0 Å². The highest BCUT2D eigenvalue weighted by atomic mass is 19.1. The Labute approximate surface area is 149 Å². The number of anilines is 3. The van der Waals surface area contributed by atoms with Crippen molar-refractivity contribution in [1.29, 1.82) is 0 Å². The van der Waals surface area contributed by atoms with Gasteiger partial charge >= 0.3 is 0 Å². The summed E-state index contributed by atoms with van der Waals surface area (Å²) in [4.78, 5) is 20.4. The van der Waals surface area contributed by atoms with Gasteiger partial charge in [0.1, 0.15) is 23.1 Å². The van der Waals surface area contributed by atoms with E-state index in [0.29, 0.717) is 0 Å². The van der Waals surface area contributed by atoms with E-state index in [0.717, 1.165) is 29.8 Å². The number of carbonyl (C=O) groups excluding carboxylic acids is 1. The number of nitrogens with one attached hydrogen (secondary N) is 2. The maximum Gasteiger partial charge on any atom is 0.275 e. The number of benzene rings is 2. The van der Waals surface area contributed by atoms with Gasteiger partial charge in [0, 0.05) is 11.8 Å². The normalized spacial score (nSPS) is 10.4. The molecule has 0 spiro atoms. The Morgan fingerprint density at radius 1 is 1.04 bits per heavy atom. The molecule has 1 heterocycles. The number of aromatic nitrogens is 2. The molecule has 0 aliphatic carbocycles. The summed E-state index contributed by atoms with van der Waals surface area (Å²) in [6.45, 7) is 2.00. The van der Waals surface area contributed by atoms with E-state index in [1.807, 2.05) is 31.2 Å². The van der Waals surface area contributed by atoms with E-state index in [1.165, 1.54) is 18.5 Å². The molecule has 5 nitrogen and oxygen atoms in total. The van der Waals surface area contributed by atoms with Crippen LogP contribution < -0.4 is 10.6 Å². The minimum absolute atomic E-state index is 0.0646. The molecule has 0 unspecified atom stereocenters. The van der Waals surface area contributed by atoms with E-state index in [-0.39, 0.29) is 17.2 Å². The quantitative estimate of drug-likeness (QED) is 0.716. The van der Waals surface area contributed by atoms with Crippen molar-refractivity contribution in [3.05, 3.63) is 77.8 Å². The van der Waals surface area contributed by atoms with Crippen LogP contribution in [0.15, 0.2) is 54.9 Å². The first-order chi connectivity index (χ1) is 12.6. The Hall–Kier alpha value is -3.35. The molecule has 0 bridgehead atoms. The van der Waals surface area contributed by atoms with Crippen LogP contribution in [0.3, 0.4) is 0 Å². The van der Waals surface area contributed by atoms with E-state index >= 15 is 0 Å². The van der Waals surface area contributed by atoms with Gasteiger partial charge in [-0.15, -0.1) is 0 Å². The third-order valence-electron chi connectivity index (χ3n) is 3.72. The van der Waals surface area contributed by atoms with Crippen LogP contribution in [0.1, 0.15) is 23.0 Å². The summed E-state index contributed by atoms with van der Waals surface area (Å²) in [6, 6.07) is 10.7. The monoisotopic (exact) mass is 354 g/mol. The average Bonchev–Trinajstić information content (AvgIpc) is 2.65. The molecular formula is C19H16F2N4O. The highest BCUT2D eigenvalue weighted by molar-refractivity contribution is 6.03. The maximum atomic E-state index is 13.6. The summed E-state index contributed by atoms with van der Waals surface area (Å²) in [7, 11) is 0. The van der Waals surface area contributed by atoms with Crippen LogP contribution >= 0.6 is 0 Å². The van der Waals surface area contributed by atoms with Crippen LogP contribution in [0.25, 0.3) is 0 Å². The first-order valence-electron chi connectivity index (χ1n) is 8.00. The zero-order chi connectivity index (χ0) is 18.5. The van der Waals surface area contributed by atoms with E-state index in [4.69, 9.17) is 0 Å². The maximum absolute atomic E-state index is 13.6. The SMILES string of the molecule is CCc1ccccc1NC(=O)c1cnc(Nc2ccc(F)cc2F)cn1. The number of rotatable bonds is 5. The molecule has 1 amide bonds. The lowest BCUT2D eigenvalue weighted by atomic mass is 10.1. The van der Waals surface area contributed by atoms with Crippen molar-refractivity contribution in [3.63, 3.8) is 0 Å². The summed E-state index contributed by atoms with van der Waals surface area (Å²) in [5.74, 6) is -1.57. The molecule has 2 N–H and O–H groups in total. The number of aryl methyl sites for hydroxylation is 1. The van der Waals surface area contributed by atoms with Gasteiger partial charge < -0.3 is 10.6 Å². The molecule has 0 aliphatic heterocycles. The molecule has 132 valence electrons. The summed E-state index contributed by atoms with van der Waals surface area (Å²) in [5.41, 5.74) is 1.92. The second-order valence-electron chi connectivity index (χ2n) is 5.50. The Balaban J connectivity index is 1.71. The van der Waals surface area contributed by atoms with E-state index in [2.05, 4.69) is 20.6 Å². The fourth-order valence-electron chi connectivity index (χ4n) is 2.38. The first-order valence-corrected chi connectivity index (χ1v) is 8.00. The number of nitrogens with zero attached hydrogens (tertiary/aromatic N) is 2. The van der Waals surface area contributed by atoms with Crippen LogP contribution in [-0.2, 0) is 6.42 Å². The van der Waals surface area contributed by atoms with Gasteiger partial charge in [-0.3, -0.25) is 4.79 Å². The van der Waals surface area contributed by atoms with E-state index < -0.39 is 17.5 Å². The predicted molar refractivity (Wildman–Crippen MR) is 95.4 cm³/mol. The van der Waals surface area contributed by atoms with Crippen molar-refractivity contribution in [2.45, 2.75) is 13.3 Å². The molecule has 3 aromatic rings. The zero-order valence-corrected chi connectivity index (χ0v) is 14.0. The molecular weight excluding hydrogens is 338 g/mol. The highest BCUT2D eigenvalue weighted by Gasteiger charge is 2.11. The van der Waals surface area contributed by atoms with Crippen molar-refractivity contribution in [2.75, 3.05) is 10.6 Å². The Kier molecular flexibility index (Phi) is 5.17. The molecule has 1 aromatic heterocycles. The third kappa shape index (κ3) is 4.00. The van der Waals surface area contributed by atoms with Gasteiger partial charge in [-0.05, 0) is 30.2 Å². The highest BCUT2D eigenvalue weighted by Crippen LogP contribution is 2.19. The lowest BCUT2D eigenvalue weighted by molar-refractivity contribution is 0.102. The fourth-order valence-corrected chi connectivity index (χ4v) is 2.38. The van der Waals surface area contributed by atoms with Gasteiger partial charge in [-0.2, -0.15) is 0 Å². The van der Waals surface area contributed by atoms with Crippen molar-refractivity contribution in [3.8, 4) is 0 Å². The van der Waals surface area contributed by atoms with Gasteiger partial charge in [0.25, 0.3) is 5.91 Å². The molecule has 0 fully saturated rings. The Bertz CT molecular complexity index is 929. The van der Waals surface area contributed by atoms with E-state index in [1.54, 1.807) is 0 Å². The second-order valence-corrected chi connectivity index (χ2v) is 5.50. The summed E-state index contributed by atoms with van der Waals surface area (Å²) < 4.78 is 26.6. The number of amides is 1. The minimum Gasteiger partial charge on any atom is -0.337 e. The standard InChI is InChI=1S/C19H16F2N4O/c1-2-12-5-3-4-6-15(12)25-19(26)17-10-23-18(11-22-17)24-16-8-7-13(20)9-14(16)21/h3-11H,2H2,1H3,(H,23,24)(H,25,26). The number of hydrogen-bond acceptors (Lipinski definition) is 4. The van der Waals surface area contributed by atoms with Gasteiger partial charge in [-0.25, -0.2) is 18.7 Å². The molecule has 7 heteroatoms. The van der Waals surface area contributed by atoms with Gasteiger partial charge in [0.05, 0.1) is 18.1 Å². The molecule has 0 radical (unpaired) electrons. The number of halogens is 2. The van der Waals surface area contributed by atoms with Crippen molar-refractivity contribution < 1.29 is 13.6 Å². The number of hydrogen-bond donors (Lipinski definition) is 2. The van der Waals surface area contributed by atoms with Gasteiger partial charge in [-0.1, -0.05) is 25.1 Å². The van der Waals surface area contributed by atoms with Crippen molar-refractivity contribution >= 4 is 23.1 Å². The number of para-hydroxylation sites is 1. The van der Waals surface area contributed by atoms with Crippen LogP contribution in [0, 0.1) is 11.6 Å². The summed E-state index contributed by atoms with van der Waals surface area (Å²) in [5, 5.41) is 5.49. The smallest absolute Gasteiger partial charge is 0.275 e. The lowest BCUT2D eigenvalue weighted by Crippen LogP contribution is -2.15. The number of carbonyl (C=O) groups is 1. The van der Waals surface area contributed by atoms with Crippen LogP contribution in [0.4, 0.5) is 26.0 Å². The van der Waals surface area contributed by atoms with Crippen LogP contribution in [0.2, 0.25) is 0 Å².